The summed E-state index contributed by atoms with van der Waals surface area (Å²) in [7, 11) is 0. The summed E-state index contributed by atoms with van der Waals surface area (Å²) in [6.45, 7) is 6.65. The number of piperazine rings is 1. The Kier molecular flexibility index (Phi) is 7.26. The molecule has 1 aliphatic heterocycles. The molecular formula is C19H27F3N4O2. The van der Waals surface area contributed by atoms with E-state index in [1.165, 1.54) is 12.3 Å². The maximum Gasteiger partial charge on any atom is 0.419 e. The molecule has 0 spiro atoms. The highest BCUT2D eigenvalue weighted by Crippen LogP contribution is 2.35. The summed E-state index contributed by atoms with van der Waals surface area (Å²) < 4.78 is 39.6. The molecule has 1 fully saturated rings. The van der Waals surface area contributed by atoms with Gasteiger partial charge in [-0.15, -0.1) is 0 Å². The van der Waals surface area contributed by atoms with Gasteiger partial charge in [-0.25, -0.2) is 4.98 Å². The molecule has 0 bridgehead atoms. The van der Waals surface area contributed by atoms with Crippen molar-refractivity contribution in [3.8, 4) is 0 Å². The average Bonchev–Trinajstić information content (AvgIpc) is 2.65. The second kappa shape index (κ2) is 9.25. The third-order valence-corrected chi connectivity index (χ3v) is 4.71. The number of rotatable bonds is 6. The zero-order valence-electron chi connectivity index (χ0n) is 16.4. The van der Waals surface area contributed by atoms with E-state index in [-0.39, 0.29) is 49.7 Å². The summed E-state index contributed by atoms with van der Waals surface area (Å²) in [5.41, 5.74) is -0.776. The minimum absolute atomic E-state index is 0.0843. The van der Waals surface area contributed by atoms with E-state index < -0.39 is 17.8 Å². The number of carbonyl (C=O) groups is 2. The van der Waals surface area contributed by atoms with Gasteiger partial charge in [-0.2, -0.15) is 13.2 Å². The fraction of sp³-hybridized carbons (Fsp3) is 0.632. The van der Waals surface area contributed by atoms with E-state index in [1.54, 1.807) is 9.80 Å². The Morgan fingerprint density at radius 3 is 2.39 bits per heavy atom. The summed E-state index contributed by atoms with van der Waals surface area (Å²) in [5, 5.41) is 2.78. The summed E-state index contributed by atoms with van der Waals surface area (Å²) in [6.07, 6.45) is -2.11. The van der Waals surface area contributed by atoms with E-state index in [1.807, 2.05) is 20.8 Å². The Hall–Kier alpha value is -2.32. The van der Waals surface area contributed by atoms with Crippen molar-refractivity contribution in [3.05, 3.63) is 23.9 Å². The van der Waals surface area contributed by atoms with Crippen LogP contribution >= 0.6 is 0 Å². The zero-order valence-corrected chi connectivity index (χ0v) is 16.4. The zero-order chi connectivity index (χ0) is 20.9. The van der Waals surface area contributed by atoms with E-state index in [4.69, 9.17) is 0 Å². The molecule has 2 rings (SSSR count). The van der Waals surface area contributed by atoms with Crippen molar-refractivity contribution >= 4 is 17.6 Å². The molecule has 0 aliphatic carbocycles. The smallest absolute Gasteiger partial charge is 0.353 e. The summed E-state index contributed by atoms with van der Waals surface area (Å²) in [6, 6.07) is 1.64. The van der Waals surface area contributed by atoms with Crippen molar-refractivity contribution in [3.63, 3.8) is 0 Å². The number of carbonyl (C=O) groups excluding carboxylic acids is 2. The van der Waals surface area contributed by atoms with Crippen LogP contribution in [-0.2, 0) is 15.8 Å². The van der Waals surface area contributed by atoms with Gasteiger partial charge in [-0.1, -0.05) is 20.8 Å². The number of aromatic nitrogens is 1. The Morgan fingerprint density at radius 2 is 1.86 bits per heavy atom. The first-order valence-electron chi connectivity index (χ1n) is 9.50. The van der Waals surface area contributed by atoms with E-state index in [9.17, 15) is 22.8 Å². The standard InChI is InChI=1S/C19H27F3N4O2/c1-4-6-15(27)24-16(13(2)3)18(28)26-11-9-25(10-12-26)17-14(19(20,21)22)7-5-8-23-17/h5,7-8,13,16H,4,6,9-12H2,1-3H3,(H,24,27). The maximum atomic E-state index is 13.2. The Bertz CT molecular complexity index is 686. The number of hydrogen-bond donors (Lipinski definition) is 1. The van der Waals surface area contributed by atoms with Gasteiger partial charge >= 0.3 is 6.18 Å². The van der Waals surface area contributed by atoms with Gasteiger partial charge < -0.3 is 15.1 Å². The van der Waals surface area contributed by atoms with Crippen molar-refractivity contribution in [2.75, 3.05) is 31.1 Å². The molecule has 2 heterocycles. The van der Waals surface area contributed by atoms with Crippen molar-refractivity contribution in [2.24, 2.45) is 5.92 Å². The lowest BCUT2D eigenvalue weighted by Gasteiger charge is -2.38. The fourth-order valence-electron chi connectivity index (χ4n) is 3.19. The molecule has 9 heteroatoms. The van der Waals surface area contributed by atoms with Crippen LogP contribution < -0.4 is 10.2 Å². The number of alkyl halides is 3. The fourth-order valence-corrected chi connectivity index (χ4v) is 3.19. The molecular weight excluding hydrogens is 373 g/mol. The Labute approximate surface area is 163 Å². The Morgan fingerprint density at radius 1 is 1.21 bits per heavy atom. The lowest BCUT2D eigenvalue weighted by Crippen LogP contribution is -2.56. The van der Waals surface area contributed by atoms with Gasteiger partial charge in [-0.05, 0) is 24.5 Å². The van der Waals surface area contributed by atoms with E-state index in [0.717, 1.165) is 6.07 Å². The molecule has 156 valence electrons. The van der Waals surface area contributed by atoms with Crippen LogP contribution in [0.25, 0.3) is 0 Å². The summed E-state index contributed by atoms with van der Waals surface area (Å²) in [4.78, 5) is 31.8. The molecule has 1 saturated heterocycles. The highest BCUT2D eigenvalue weighted by molar-refractivity contribution is 5.88. The molecule has 6 nitrogen and oxygen atoms in total. The third-order valence-electron chi connectivity index (χ3n) is 4.71. The SMILES string of the molecule is CCCC(=O)NC(C(=O)N1CCN(c2ncccc2C(F)(F)F)CC1)C(C)C. The third kappa shape index (κ3) is 5.36. The predicted molar refractivity (Wildman–Crippen MR) is 99.7 cm³/mol. The van der Waals surface area contributed by atoms with Gasteiger partial charge in [0.1, 0.15) is 11.9 Å². The second-order valence-electron chi connectivity index (χ2n) is 7.22. The highest BCUT2D eigenvalue weighted by Gasteiger charge is 2.37. The van der Waals surface area contributed by atoms with Crippen LogP contribution in [0.15, 0.2) is 18.3 Å². The minimum Gasteiger partial charge on any atom is -0.353 e. The van der Waals surface area contributed by atoms with Crippen molar-refractivity contribution in [1.29, 1.82) is 0 Å². The molecule has 1 atom stereocenters. The maximum absolute atomic E-state index is 13.2. The lowest BCUT2D eigenvalue weighted by molar-refractivity contribution is -0.138. The number of nitrogens with one attached hydrogen (secondary N) is 1. The predicted octanol–water partition coefficient (Wildman–Crippen LogP) is 2.69. The van der Waals surface area contributed by atoms with Crippen LogP contribution in [0.2, 0.25) is 0 Å². The van der Waals surface area contributed by atoms with Gasteiger partial charge in [0.05, 0.1) is 5.56 Å². The molecule has 1 aromatic rings. The molecule has 1 aliphatic rings. The molecule has 0 aromatic carbocycles. The lowest BCUT2D eigenvalue weighted by atomic mass is 10.0. The van der Waals surface area contributed by atoms with E-state index >= 15 is 0 Å². The monoisotopic (exact) mass is 400 g/mol. The molecule has 2 amide bonds. The summed E-state index contributed by atoms with van der Waals surface area (Å²) in [5.74, 6) is -0.564. The second-order valence-corrected chi connectivity index (χ2v) is 7.22. The van der Waals surface area contributed by atoms with Gasteiger partial charge in [0.15, 0.2) is 0 Å². The number of halogens is 3. The molecule has 1 unspecified atom stereocenters. The quantitative estimate of drug-likeness (QED) is 0.798. The topological polar surface area (TPSA) is 65.5 Å². The van der Waals surface area contributed by atoms with E-state index in [2.05, 4.69) is 10.3 Å². The number of anilines is 1. The van der Waals surface area contributed by atoms with E-state index in [0.29, 0.717) is 12.8 Å². The van der Waals surface area contributed by atoms with Crippen molar-refractivity contribution < 1.29 is 22.8 Å². The highest BCUT2D eigenvalue weighted by atomic mass is 19.4. The Balaban J connectivity index is 2.05. The normalized spacial score (nSPS) is 16.2. The van der Waals surface area contributed by atoms with Crippen molar-refractivity contribution in [2.45, 2.75) is 45.8 Å². The van der Waals surface area contributed by atoms with Gasteiger partial charge in [0.25, 0.3) is 0 Å². The largest absolute Gasteiger partial charge is 0.419 e. The number of pyridine rings is 1. The summed E-state index contributed by atoms with van der Waals surface area (Å²) >= 11 is 0. The van der Waals surface area contributed by atoms with Crippen molar-refractivity contribution in [1.82, 2.24) is 15.2 Å². The van der Waals surface area contributed by atoms with Gasteiger partial charge in [0.2, 0.25) is 11.8 Å². The first-order valence-corrected chi connectivity index (χ1v) is 9.50. The molecule has 1 N–H and O–H groups in total. The average molecular weight is 400 g/mol. The number of hydrogen-bond acceptors (Lipinski definition) is 4. The van der Waals surface area contributed by atoms with Crippen LogP contribution in [0, 0.1) is 5.92 Å². The molecule has 28 heavy (non-hydrogen) atoms. The molecule has 0 saturated carbocycles. The minimum atomic E-state index is -4.48. The molecule has 0 radical (unpaired) electrons. The van der Waals surface area contributed by atoms with Crippen LogP contribution in [0.1, 0.15) is 39.2 Å². The van der Waals surface area contributed by atoms with Crippen LogP contribution in [0.3, 0.4) is 0 Å². The number of amides is 2. The molecule has 1 aromatic heterocycles. The van der Waals surface area contributed by atoms with Crippen LogP contribution in [-0.4, -0.2) is 53.9 Å². The van der Waals surface area contributed by atoms with Crippen LogP contribution in [0.4, 0.5) is 19.0 Å². The van der Waals surface area contributed by atoms with Crippen LogP contribution in [0.5, 0.6) is 0 Å². The number of nitrogens with zero attached hydrogens (tertiary/aromatic N) is 3. The van der Waals surface area contributed by atoms with Gasteiger partial charge in [-0.3, -0.25) is 9.59 Å². The van der Waals surface area contributed by atoms with Gasteiger partial charge in [0, 0.05) is 38.8 Å². The first kappa shape index (κ1) is 22.0. The first-order chi connectivity index (χ1) is 13.1.